The summed E-state index contributed by atoms with van der Waals surface area (Å²) in [6, 6.07) is 1.22. The number of piperidine rings is 1. The number of amides is 1. The number of rotatable bonds is 1. The van der Waals surface area contributed by atoms with E-state index in [1.54, 1.807) is 0 Å². The van der Waals surface area contributed by atoms with Gasteiger partial charge in [0.05, 0.1) is 5.92 Å². The fourth-order valence-corrected chi connectivity index (χ4v) is 2.16. The number of halogens is 3. The van der Waals surface area contributed by atoms with Gasteiger partial charge in [-0.3, -0.25) is 9.59 Å². The predicted molar refractivity (Wildman–Crippen MR) is 61.7 cm³/mol. The number of likely N-dealkylation sites (tertiary alicyclic amines) is 1. The molecule has 1 aliphatic heterocycles. The van der Waals surface area contributed by atoms with Gasteiger partial charge in [-0.15, -0.1) is 0 Å². The van der Waals surface area contributed by atoms with E-state index in [0.29, 0.717) is 0 Å². The maximum absolute atomic E-state index is 12.5. The minimum absolute atomic E-state index is 0.0251. The first kappa shape index (κ1) is 13.6. The summed E-state index contributed by atoms with van der Waals surface area (Å²) in [5.74, 6) is -1.87. The highest BCUT2D eigenvalue weighted by atomic mass is 19.4. The van der Waals surface area contributed by atoms with Crippen LogP contribution in [0, 0.1) is 5.92 Å². The Morgan fingerprint density at radius 3 is 2.47 bits per heavy atom. The molecule has 1 aromatic heterocycles. The Morgan fingerprint density at radius 1 is 1.32 bits per heavy atom. The van der Waals surface area contributed by atoms with E-state index in [1.807, 2.05) is 0 Å². The molecule has 0 atom stereocenters. The van der Waals surface area contributed by atoms with Gasteiger partial charge in [0.25, 0.3) is 5.91 Å². The average molecular weight is 274 g/mol. The number of aromatic nitrogens is 1. The van der Waals surface area contributed by atoms with Crippen LogP contribution in [0.4, 0.5) is 13.2 Å². The van der Waals surface area contributed by atoms with E-state index in [9.17, 15) is 22.8 Å². The van der Waals surface area contributed by atoms with Crippen LogP contribution in [0.15, 0.2) is 23.3 Å². The molecular weight excluding hydrogens is 261 g/mol. The summed E-state index contributed by atoms with van der Waals surface area (Å²) in [5.41, 5.74) is -0.463. The van der Waals surface area contributed by atoms with Crippen molar-refractivity contribution in [2.45, 2.75) is 19.0 Å². The van der Waals surface area contributed by atoms with Gasteiger partial charge in [-0.05, 0) is 12.8 Å². The number of H-pyrrole nitrogens is 1. The number of hydrogen-bond donors (Lipinski definition) is 1. The molecule has 4 nitrogen and oxygen atoms in total. The van der Waals surface area contributed by atoms with Gasteiger partial charge < -0.3 is 9.88 Å². The van der Waals surface area contributed by atoms with Gasteiger partial charge in [0.15, 0.2) is 5.43 Å². The number of alkyl halides is 3. The van der Waals surface area contributed by atoms with Crippen molar-refractivity contribution >= 4 is 5.91 Å². The largest absolute Gasteiger partial charge is 0.391 e. The van der Waals surface area contributed by atoms with Crippen molar-refractivity contribution in [3.63, 3.8) is 0 Å². The van der Waals surface area contributed by atoms with Crippen molar-refractivity contribution in [1.82, 2.24) is 9.88 Å². The lowest BCUT2D eigenvalue weighted by Crippen LogP contribution is -2.43. The molecule has 1 N–H and O–H groups in total. The number of hydrogen-bond acceptors (Lipinski definition) is 2. The van der Waals surface area contributed by atoms with Gasteiger partial charge in [0.1, 0.15) is 5.56 Å². The van der Waals surface area contributed by atoms with Crippen LogP contribution < -0.4 is 5.43 Å². The van der Waals surface area contributed by atoms with Crippen LogP contribution in [-0.4, -0.2) is 35.1 Å². The third-order valence-electron chi connectivity index (χ3n) is 3.30. The van der Waals surface area contributed by atoms with Gasteiger partial charge in [-0.2, -0.15) is 13.2 Å². The highest BCUT2D eigenvalue weighted by Gasteiger charge is 2.41. The Bertz CT molecular complexity index is 516. The number of nitrogens with zero attached hydrogens (tertiary/aromatic N) is 1. The number of pyridine rings is 1. The lowest BCUT2D eigenvalue weighted by atomic mass is 9.96. The van der Waals surface area contributed by atoms with Gasteiger partial charge >= 0.3 is 6.18 Å². The molecule has 1 saturated heterocycles. The van der Waals surface area contributed by atoms with E-state index >= 15 is 0 Å². The highest BCUT2D eigenvalue weighted by Crippen LogP contribution is 2.34. The summed E-state index contributed by atoms with van der Waals surface area (Å²) < 4.78 is 37.5. The standard InChI is InChI=1S/C12H13F3N2O2/c13-12(14,15)8-2-5-17(6-3-8)11(19)9-7-16-4-1-10(9)18/h1,4,7-8H,2-3,5-6H2,(H,16,18). The Kier molecular flexibility index (Phi) is 3.64. The molecule has 1 aliphatic rings. The summed E-state index contributed by atoms with van der Waals surface area (Å²) in [7, 11) is 0. The van der Waals surface area contributed by atoms with Crippen LogP contribution in [0.2, 0.25) is 0 Å². The zero-order valence-corrected chi connectivity index (χ0v) is 10.0. The molecule has 104 valence electrons. The molecule has 2 rings (SSSR count). The Morgan fingerprint density at radius 2 is 1.95 bits per heavy atom. The lowest BCUT2D eigenvalue weighted by molar-refractivity contribution is -0.183. The van der Waals surface area contributed by atoms with E-state index in [2.05, 4.69) is 4.98 Å². The molecule has 0 aliphatic carbocycles. The summed E-state index contributed by atoms with van der Waals surface area (Å²) >= 11 is 0. The molecule has 1 aromatic rings. The third-order valence-corrected chi connectivity index (χ3v) is 3.30. The predicted octanol–water partition coefficient (Wildman–Crippen LogP) is 1.79. The van der Waals surface area contributed by atoms with E-state index in [0.717, 1.165) is 0 Å². The van der Waals surface area contributed by atoms with E-state index in [1.165, 1.54) is 23.4 Å². The molecule has 1 fully saturated rings. The Labute approximate surface area is 107 Å². The van der Waals surface area contributed by atoms with E-state index < -0.39 is 23.4 Å². The highest BCUT2D eigenvalue weighted by molar-refractivity contribution is 5.93. The molecule has 0 bridgehead atoms. The smallest absolute Gasteiger partial charge is 0.367 e. The molecule has 0 saturated carbocycles. The van der Waals surface area contributed by atoms with E-state index in [-0.39, 0.29) is 31.5 Å². The Hall–Kier alpha value is -1.79. The number of carbonyl (C=O) groups is 1. The molecule has 2 heterocycles. The normalized spacial score (nSPS) is 17.5. The molecule has 0 radical (unpaired) electrons. The topological polar surface area (TPSA) is 53.2 Å². The monoisotopic (exact) mass is 274 g/mol. The third kappa shape index (κ3) is 2.97. The molecule has 19 heavy (non-hydrogen) atoms. The second-order valence-corrected chi connectivity index (χ2v) is 4.53. The van der Waals surface area contributed by atoms with Gasteiger partial charge in [0.2, 0.25) is 0 Å². The van der Waals surface area contributed by atoms with Gasteiger partial charge in [-0.1, -0.05) is 0 Å². The molecule has 1 amide bonds. The van der Waals surface area contributed by atoms with Crippen molar-refractivity contribution in [3.05, 3.63) is 34.2 Å². The SMILES string of the molecule is O=C(c1c[nH]ccc1=O)N1CCC(C(F)(F)F)CC1. The minimum Gasteiger partial charge on any atom is -0.367 e. The fraction of sp³-hybridized carbons (Fsp3) is 0.500. The van der Waals surface area contributed by atoms with Crippen LogP contribution in [0.1, 0.15) is 23.2 Å². The van der Waals surface area contributed by atoms with Crippen molar-refractivity contribution in [2.75, 3.05) is 13.1 Å². The summed E-state index contributed by atoms with van der Waals surface area (Å²) in [5, 5.41) is 0. The first-order valence-electron chi connectivity index (χ1n) is 5.92. The first-order chi connectivity index (χ1) is 8.89. The molecule has 0 aromatic carbocycles. The van der Waals surface area contributed by atoms with Gasteiger partial charge in [0, 0.05) is 31.5 Å². The lowest BCUT2D eigenvalue weighted by Gasteiger charge is -2.32. The van der Waals surface area contributed by atoms with Crippen LogP contribution in [0.5, 0.6) is 0 Å². The van der Waals surface area contributed by atoms with Crippen molar-refractivity contribution in [1.29, 1.82) is 0 Å². The summed E-state index contributed by atoms with van der Waals surface area (Å²) in [4.78, 5) is 27.4. The van der Waals surface area contributed by atoms with Crippen LogP contribution in [0.3, 0.4) is 0 Å². The summed E-state index contributed by atoms with van der Waals surface area (Å²) in [6.45, 7) is 0.0503. The van der Waals surface area contributed by atoms with Gasteiger partial charge in [-0.25, -0.2) is 0 Å². The number of aromatic amines is 1. The second-order valence-electron chi connectivity index (χ2n) is 4.53. The zero-order chi connectivity index (χ0) is 14.0. The fourth-order valence-electron chi connectivity index (χ4n) is 2.16. The van der Waals surface area contributed by atoms with Crippen LogP contribution in [0.25, 0.3) is 0 Å². The maximum atomic E-state index is 12.5. The molecule has 0 unspecified atom stereocenters. The van der Waals surface area contributed by atoms with Crippen LogP contribution in [-0.2, 0) is 0 Å². The maximum Gasteiger partial charge on any atom is 0.391 e. The van der Waals surface area contributed by atoms with Crippen molar-refractivity contribution in [3.8, 4) is 0 Å². The number of carbonyl (C=O) groups excluding carboxylic acids is 1. The first-order valence-corrected chi connectivity index (χ1v) is 5.92. The average Bonchev–Trinajstić information content (AvgIpc) is 2.38. The zero-order valence-electron chi connectivity index (χ0n) is 10.0. The molecular formula is C12H13F3N2O2. The minimum atomic E-state index is -4.21. The molecule has 7 heteroatoms. The van der Waals surface area contributed by atoms with E-state index in [4.69, 9.17) is 0 Å². The Balaban J connectivity index is 2.05. The van der Waals surface area contributed by atoms with Crippen molar-refractivity contribution in [2.24, 2.45) is 5.92 Å². The molecule has 0 spiro atoms. The number of nitrogens with one attached hydrogen (secondary N) is 1. The van der Waals surface area contributed by atoms with Crippen LogP contribution >= 0.6 is 0 Å². The van der Waals surface area contributed by atoms with Crippen molar-refractivity contribution < 1.29 is 18.0 Å². The quantitative estimate of drug-likeness (QED) is 0.848. The second kappa shape index (κ2) is 5.07. The summed E-state index contributed by atoms with van der Waals surface area (Å²) in [6.07, 6.45) is -1.76.